The molecule has 0 atom stereocenters. The Balaban J connectivity index is 0.000000240. The topological polar surface area (TPSA) is 80.9 Å². The first kappa shape index (κ1) is 34.6. The summed E-state index contributed by atoms with van der Waals surface area (Å²) in [6.45, 7) is 24.9. The number of aromatic hydroxyl groups is 4. The molecular formula is C40H52O4. The van der Waals surface area contributed by atoms with Gasteiger partial charge in [0.05, 0.1) is 0 Å². The normalized spacial score (nSPS) is 12.5. The molecule has 0 heterocycles. The molecule has 0 radical (unpaired) electrons. The molecule has 0 amide bonds. The maximum Gasteiger partial charge on any atom is 0.127 e. The van der Waals surface area contributed by atoms with E-state index in [1.165, 1.54) is 0 Å². The average molecular weight is 597 g/mol. The minimum atomic E-state index is -0.155. The van der Waals surface area contributed by atoms with Crippen LogP contribution in [0.2, 0.25) is 0 Å². The van der Waals surface area contributed by atoms with Gasteiger partial charge >= 0.3 is 0 Å². The van der Waals surface area contributed by atoms with Crippen molar-refractivity contribution in [2.24, 2.45) is 0 Å². The monoisotopic (exact) mass is 596 g/mol. The number of benzene rings is 4. The van der Waals surface area contributed by atoms with Crippen molar-refractivity contribution in [2.75, 3.05) is 0 Å². The Morgan fingerprint density at radius 3 is 0.932 bits per heavy atom. The largest absolute Gasteiger partial charge is 0.508 e. The zero-order chi connectivity index (χ0) is 33.4. The van der Waals surface area contributed by atoms with Gasteiger partial charge in [0.2, 0.25) is 0 Å². The van der Waals surface area contributed by atoms with Gasteiger partial charge in [-0.15, -0.1) is 0 Å². The maximum atomic E-state index is 10.7. The van der Waals surface area contributed by atoms with E-state index < -0.39 is 0 Å². The van der Waals surface area contributed by atoms with Crippen LogP contribution in [-0.4, -0.2) is 20.4 Å². The van der Waals surface area contributed by atoms with Crippen molar-refractivity contribution in [3.8, 4) is 45.3 Å². The summed E-state index contributed by atoms with van der Waals surface area (Å²) in [5, 5.41) is 41.6. The molecule has 0 saturated heterocycles. The molecule has 4 nitrogen and oxygen atoms in total. The molecular weight excluding hydrogens is 544 g/mol. The first-order valence-electron chi connectivity index (χ1n) is 15.4. The van der Waals surface area contributed by atoms with Crippen molar-refractivity contribution in [2.45, 2.75) is 105 Å². The Kier molecular flexibility index (Phi) is 9.61. The van der Waals surface area contributed by atoms with Crippen molar-refractivity contribution in [1.29, 1.82) is 0 Å². The van der Waals surface area contributed by atoms with Crippen LogP contribution in [0.15, 0.2) is 72.8 Å². The summed E-state index contributed by atoms with van der Waals surface area (Å²) in [4.78, 5) is 0. The van der Waals surface area contributed by atoms with Crippen molar-refractivity contribution < 1.29 is 20.4 Å². The van der Waals surface area contributed by atoms with Gasteiger partial charge in [-0.2, -0.15) is 0 Å². The van der Waals surface area contributed by atoms with Gasteiger partial charge in [0.1, 0.15) is 23.0 Å². The van der Waals surface area contributed by atoms with Crippen molar-refractivity contribution >= 4 is 0 Å². The molecule has 0 spiro atoms. The minimum Gasteiger partial charge on any atom is -0.508 e. The van der Waals surface area contributed by atoms with E-state index in [1.807, 2.05) is 60.7 Å². The molecule has 0 fully saturated rings. The molecule has 4 aromatic carbocycles. The SMILES string of the molecule is CC(C)(C)c1cc(-c2cccc(C(C)(C)C)c2O)ccc1O.CC(C)(C)c1cc(-c2cccc(C(C)(C)C)c2O)ccc1O. The van der Waals surface area contributed by atoms with Crippen LogP contribution in [0.4, 0.5) is 0 Å². The number of hydrogen-bond acceptors (Lipinski definition) is 4. The van der Waals surface area contributed by atoms with Gasteiger partial charge in [-0.1, -0.05) is 132 Å². The van der Waals surface area contributed by atoms with Gasteiger partial charge in [0.15, 0.2) is 0 Å². The second kappa shape index (κ2) is 12.2. The van der Waals surface area contributed by atoms with Gasteiger partial charge in [0, 0.05) is 11.1 Å². The fourth-order valence-electron chi connectivity index (χ4n) is 5.37. The quantitative estimate of drug-likeness (QED) is 0.186. The average Bonchev–Trinajstić information content (AvgIpc) is 2.87. The molecule has 0 unspecified atom stereocenters. The maximum absolute atomic E-state index is 10.7. The highest BCUT2D eigenvalue weighted by Crippen LogP contribution is 2.42. The van der Waals surface area contributed by atoms with E-state index in [4.69, 9.17) is 0 Å². The van der Waals surface area contributed by atoms with Crippen molar-refractivity contribution in [1.82, 2.24) is 0 Å². The van der Waals surface area contributed by atoms with Crippen molar-refractivity contribution in [3.63, 3.8) is 0 Å². The second-order valence-corrected chi connectivity index (χ2v) is 15.9. The van der Waals surface area contributed by atoms with E-state index in [0.717, 1.165) is 44.5 Å². The summed E-state index contributed by atoms with van der Waals surface area (Å²) in [5.41, 5.74) is 6.51. The highest BCUT2D eigenvalue weighted by atomic mass is 16.3. The first-order chi connectivity index (χ1) is 20.0. The molecule has 0 saturated carbocycles. The second-order valence-electron chi connectivity index (χ2n) is 15.9. The lowest BCUT2D eigenvalue weighted by molar-refractivity contribution is 0.445. The Bertz CT molecular complexity index is 1490. The van der Waals surface area contributed by atoms with E-state index in [-0.39, 0.29) is 21.7 Å². The van der Waals surface area contributed by atoms with E-state index in [2.05, 4.69) is 83.1 Å². The molecule has 236 valence electrons. The number of hydrogen-bond donors (Lipinski definition) is 4. The van der Waals surface area contributed by atoms with Crippen LogP contribution >= 0.6 is 0 Å². The molecule has 4 rings (SSSR count). The number of phenols is 4. The van der Waals surface area contributed by atoms with Gasteiger partial charge in [-0.05, 0) is 79.3 Å². The summed E-state index contributed by atoms with van der Waals surface area (Å²) in [7, 11) is 0. The lowest BCUT2D eigenvalue weighted by atomic mass is 9.82. The summed E-state index contributed by atoms with van der Waals surface area (Å²) in [6, 6.07) is 22.8. The van der Waals surface area contributed by atoms with Gasteiger partial charge in [0.25, 0.3) is 0 Å². The predicted molar refractivity (Wildman–Crippen MR) is 185 cm³/mol. The summed E-state index contributed by atoms with van der Waals surface area (Å²) in [6.07, 6.45) is 0. The van der Waals surface area contributed by atoms with E-state index in [1.54, 1.807) is 12.1 Å². The summed E-state index contributed by atoms with van der Waals surface area (Å²) in [5.74, 6) is 1.23. The molecule has 4 heteroatoms. The molecule has 0 aliphatic heterocycles. The molecule has 0 aliphatic rings. The lowest BCUT2D eigenvalue weighted by Gasteiger charge is -2.24. The highest BCUT2D eigenvalue weighted by molar-refractivity contribution is 5.75. The first-order valence-corrected chi connectivity index (χ1v) is 15.4. The third-order valence-corrected chi connectivity index (χ3v) is 7.92. The molecule has 44 heavy (non-hydrogen) atoms. The van der Waals surface area contributed by atoms with Crippen LogP contribution in [0.25, 0.3) is 22.3 Å². The highest BCUT2D eigenvalue weighted by Gasteiger charge is 2.24. The van der Waals surface area contributed by atoms with Crippen molar-refractivity contribution in [3.05, 3.63) is 95.1 Å². The third kappa shape index (κ3) is 7.77. The Labute approximate surface area is 265 Å². The van der Waals surface area contributed by atoms with Gasteiger partial charge in [-0.3, -0.25) is 0 Å². The molecule has 0 aromatic heterocycles. The van der Waals surface area contributed by atoms with Gasteiger partial charge in [-0.25, -0.2) is 0 Å². The molecule has 4 N–H and O–H groups in total. The number of para-hydroxylation sites is 2. The van der Waals surface area contributed by atoms with E-state index >= 15 is 0 Å². The van der Waals surface area contributed by atoms with Crippen LogP contribution in [0.3, 0.4) is 0 Å². The zero-order valence-corrected chi connectivity index (χ0v) is 28.7. The Morgan fingerprint density at radius 2 is 0.659 bits per heavy atom. The number of phenolic OH excluding ortho intramolecular Hbond substituents is 4. The molecule has 0 bridgehead atoms. The van der Waals surface area contributed by atoms with E-state index in [9.17, 15) is 20.4 Å². The third-order valence-electron chi connectivity index (χ3n) is 7.92. The fourth-order valence-corrected chi connectivity index (χ4v) is 5.37. The number of rotatable bonds is 2. The minimum absolute atomic E-state index is 0.121. The van der Waals surface area contributed by atoms with Gasteiger partial charge < -0.3 is 20.4 Å². The van der Waals surface area contributed by atoms with Crippen LogP contribution in [-0.2, 0) is 21.7 Å². The predicted octanol–water partition coefficient (Wildman–Crippen LogP) is 10.7. The van der Waals surface area contributed by atoms with Crippen LogP contribution in [0.5, 0.6) is 23.0 Å². The summed E-state index contributed by atoms with van der Waals surface area (Å²) >= 11 is 0. The molecule has 4 aromatic rings. The van der Waals surface area contributed by atoms with Crippen LogP contribution < -0.4 is 0 Å². The molecule has 0 aliphatic carbocycles. The summed E-state index contributed by atoms with van der Waals surface area (Å²) < 4.78 is 0. The fraction of sp³-hybridized carbons (Fsp3) is 0.400. The zero-order valence-electron chi connectivity index (χ0n) is 28.7. The Hall–Kier alpha value is -3.92. The lowest BCUT2D eigenvalue weighted by Crippen LogP contribution is -2.12. The standard InChI is InChI=1S/2C20H26O2/c2*1-19(2,3)15-9-7-8-14(18(15)22)13-10-11-17(21)16(12-13)20(4,5)6/h2*7-12,21-22H,1-6H3. The smallest absolute Gasteiger partial charge is 0.127 e. The Morgan fingerprint density at radius 1 is 0.364 bits per heavy atom. The van der Waals surface area contributed by atoms with E-state index in [0.29, 0.717) is 23.0 Å². The van der Waals surface area contributed by atoms with Crippen LogP contribution in [0.1, 0.15) is 105 Å². The van der Waals surface area contributed by atoms with Crippen LogP contribution in [0, 0.1) is 0 Å².